The summed E-state index contributed by atoms with van der Waals surface area (Å²) in [5.41, 5.74) is 7.06. The Balaban J connectivity index is 1.31. The topological polar surface area (TPSA) is 111 Å². The highest BCUT2D eigenvalue weighted by Crippen LogP contribution is 2.22. The zero-order valence-corrected chi connectivity index (χ0v) is 20.2. The van der Waals surface area contributed by atoms with Gasteiger partial charge in [0.25, 0.3) is 5.91 Å². The molecule has 2 aliphatic rings. The van der Waals surface area contributed by atoms with Crippen molar-refractivity contribution < 1.29 is 19.1 Å². The molecule has 184 valence electrons. The molecule has 0 bridgehead atoms. The molecule has 0 aliphatic carbocycles. The van der Waals surface area contributed by atoms with Gasteiger partial charge >= 0.3 is 0 Å². The van der Waals surface area contributed by atoms with Gasteiger partial charge in [0.15, 0.2) is 6.73 Å². The number of hydrogen-bond acceptors (Lipinski definition) is 7. The Morgan fingerprint density at radius 3 is 2.79 bits per heavy atom. The highest BCUT2D eigenvalue weighted by molar-refractivity contribution is 5.95. The third-order valence-electron chi connectivity index (χ3n) is 6.29. The van der Waals surface area contributed by atoms with Crippen molar-refractivity contribution in [2.45, 2.75) is 58.9 Å². The summed E-state index contributed by atoms with van der Waals surface area (Å²) in [7, 11) is 0. The number of rotatable bonds is 11. The predicted molar refractivity (Wildman–Crippen MR) is 127 cm³/mol. The van der Waals surface area contributed by atoms with Gasteiger partial charge < -0.3 is 25.4 Å². The largest absolute Gasteiger partial charge is 0.478 e. The number of amidine groups is 1. The maximum atomic E-state index is 12.4. The van der Waals surface area contributed by atoms with Gasteiger partial charge in [-0.25, -0.2) is 4.98 Å². The van der Waals surface area contributed by atoms with E-state index in [4.69, 9.17) is 20.0 Å². The summed E-state index contributed by atoms with van der Waals surface area (Å²) in [6.45, 7) is 10.3. The minimum absolute atomic E-state index is 0.0874. The molecule has 33 heavy (non-hydrogen) atoms. The third-order valence-corrected chi connectivity index (χ3v) is 6.29. The Bertz CT molecular complexity index is 787. The summed E-state index contributed by atoms with van der Waals surface area (Å²) >= 11 is 0. The second kappa shape index (κ2) is 12.7. The van der Waals surface area contributed by atoms with E-state index in [9.17, 15) is 4.79 Å². The van der Waals surface area contributed by atoms with Crippen LogP contribution < -0.4 is 15.8 Å². The summed E-state index contributed by atoms with van der Waals surface area (Å²) in [4.78, 5) is 24.5. The molecule has 0 spiro atoms. The molecule has 1 atom stereocenters. The summed E-state index contributed by atoms with van der Waals surface area (Å²) in [5.74, 6) is 1.91. The van der Waals surface area contributed by atoms with Crippen LogP contribution in [0.2, 0.25) is 0 Å². The normalized spacial score (nSPS) is 20.2. The number of ether oxygens (including phenoxy) is 2. The van der Waals surface area contributed by atoms with Crippen LogP contribution in [0.25, 0.3) is 0 Å². The lowest BCUT2D eigenvalue weighted by Crippen LogP contribution is -2.35. The molecule has 0 unspecified atom stereocenters. The smallest absolute Gasteiger partial charge is 0.253 e. The second-order valence-corrected chi connectivity index (χ2v) is 9.30. The molecule has 0 radical (unpaired) electrons. The van der Waals surface area contributed by atoms with E-state index < -0.39 is 0 Å². The maximum Gasteiger partial charge on any atom is 0.253 e. The van der Waals surface area contributed by atoms with Crippen molar-refractivity contribution in [3.63, 3.8) is 0 Å². The van der Waals surface area contributed by atoms with E-state index in [0.717, 1.165) is 45.2 Å². The molecule has 3 heterocycles. The molecule has 0 saturated carbocycles. The van der Waals surface area contributed by atoms with Crippen LogP contribution in [0.4, 0.5) is 0 Å². The van der Waals surface area contributed by atoms with Gasteiger partial charge in [0.05, 0.1) is 30.5 Å². The van der Waals surface area contributed by atoms with Gasteiger partial charge in [-0.3, -0.25) is 9.69 Å². The zero-order valence-electron chi connectivity index (χ0n) is 20.2. The van der Waals surface area contributed by atoms with Crippen LogP contribution in [0.1, 0.15) is 62.0 Å². The van der Waals surface area contributed by atoms with Crippen molar-refractivity contribution in [3.05, 3.63) is 23.4 Å². The number of pyridine rings is 1. The van der Waals surface area contributed by atoms with Crippen LogP contribution in [0.5, 0.6) is 5.88 Å². The molecule has 0 aromatic carbocycles. The van der Waals surface area contributed by atoms with E-state index in [2.05, 4.69) is 20.4 Å². The van der Waals surface area contributed by atoms with Crippen LogP contribution in [-0.2, 0) is 9.57 Å². The first-order valence-corrected chi connectivity index (χ1v) is 12.1. The maximum absolute atomic E-state index is 12.4. The fourth-order valence-electron chi connectivity index (χ4n) is 4.01. The number of oxime groups is 1. The zero-order chi connectivity index (χ0) is 23.6. The fraction of sp³-hybridized carbons (Fsp3) is 0.708. The number of amides is 1. The minimum atomic E-state index is -0.103. The van der Waals surface area contributed by atoms with E-state index in [-0.39, 0.29) is 17.9 Å². The SMILES string of the molecule is Cc1nc(OCCCC2CCN(CO/N=C(\N)C(C)C)CC2)ccc1C(=O)N[C@@H]1CCOC1. The molecule has 2 saturated heterocycles. The van der Waals surface area contributed by atoms with Crippen molar-refractivity contribution in [1.82, 2.24) is 15.2 Å². The molecule has 1 aromatic heterocycles. The minimum Gasteiger partial charge on any atom is -0.478 e. The van der Waals surface area contributed by atoms with E-state index in [1.165, 1.54) is 0 Å². The number of nitrogens with zero attached hydrogens (tertiary/aromatic N) is 3. The van der Waals surface area contributed by atoms with E-state index in [1.807, 2.05) is 20.8 Å². The standard InChI is InChI=1S/C24H39N5O4/c1-17(2)23(25)28-33-16-29-11-8-19(9-12-29)5-4-13-32-22-7-6-21(18(3)26-22)24(30)27-20-10-14-31-15-20/h6-7,17,19-20H,4-5,8-16H2,1-3H3,(H2,25,28)(H,27,30)/t20-/m1/s1. The summed E-state index contributed by atoms with van der Waals surface area (Å²) in [5, 5.41) is 6.97. The van der Waals surface area contributed by atoms with Gasteiger partial charge in [0.2, 0.25) is 5.88 Å². The first-order valence-electron chi connectivity index (χ1n) is 12.1. The van der Waals surface area contributed by atoms with E-state index >= 15 is 0 Å². The Morgan fingerprint density at radius 1 is 1.33 bits per heavy atom. The number of nitrogens with two attached hydrogens (primary N) is 1. The van der Waals surface area contributed by atoms with Crippen molar-refractivity contribution in [1.29, 1.82) is 0 Å². The molecular formula is C24H39N5O4. The van der Waals surface area contributed by atoms with Crippen molar-refractivity contribution in [3.8, 4) is 5.88 Å². The number of aromatic nitrogens is 1. The number of nitrogens with one attached hydrogen (secondary N) is 1. The summed E-state index contributed by atoms with van der Waals surface area (Å²) in [6.07, 6.45) is 5.28. The van der Waals surface area contributed by atoms with E-state index in [0.29, 0.717) is 55.4 Å². The van der Waals surface area contributed by atoms with Gasteiger partial charge in [-0.15, -0.1) is 0 Å². The quantitative estimate of drug-likeness (QED) is 0.226. The van der Waals surface area contributed by atoms with Gasteiger partial charge in [0, 0.05) is 31.7 Å². The van der Waals surface area contributed by atoms with Crippen LogP contribution in [0.15, 0.2) is 17.3 Å². The third kappa shape index (κ3) is 8.16. The molecular weight excluding hydrogens is 422 g/mol. The monoisotopic (exact) mass is 461 g/mol. The Morgan fingerprint density at radius 2 is 2.12 bits per heavy atom. The van der Waals surface area contributed by atoms with Gasteiger partial charge in [-0.1, -0.05) is 19.0 Å². The van der Waals surface area contributed by atoms with Crippen molar-refractivity contribution in [2.75, 3.05) is 39.6 Å². The van der Waals surface area contributed by atoms with Crippen LogP contribution in [0, 0.1) is 18.8 Å². The number of aryl methyl sites for hydroxylation is 1. The molecule has 3 N–H and O–H groups in total. The molecule has 1 amide bonds. The average Bonchev–Trinajstić information content (AvgIpc) is 3.30. The van der Waals surface area contributed by atoms with E-state index in [1.54, 1.807) is 12.1 Å². The lowest BCUT2D eigenvalue weighted by molar-refractivity contribution is 0.0119. The van der Waals surface area contributed by atoms with Crippen molar-refractivity contribution in [2.24, 2.45) is 22.7 Å². The Kier molecular flexibility index (Phi) is 9.75. The number of carbonyl (C=O) groups is 1. The first kappa shape index (κ1) is 25.2. The summed E-state index contributed by atoms with van der Waals surface area (Å²) in [6, 6.07) is 3.66. The van der Waals surface area contributed by atoms with Gasteiger partial charge in [-0.05, 0) is 51.0 Å². The van der Waals surface area contributed by atoms with Crippen LogP contribution in [0.3, 0.4) is 0 Å². The number of piperidine rings is 1. The Hall–Kier alpha value is -2.39. The fourth-order valence-corrected chi connectivity index (χ4v) is 4.01. The molecule has 2 fully saturated rings. The molecule has 9 nitrogen and oxygen atoms in total. The number of carbonyl (C=O) groups excluding carboxylic acids is 1. The molecule has 2 aliphatic heterocycles. The average molecular weight is 462 g/mol. The highest BCUT2D eigenvalue weighted by atomic mass is 16.6. The van der Waals surface area contributed by atoms with Gasteiger partial charge in [-0.2, -0.15) is 0 Å². The summed E-state index contributed by atoms with van der Waals surface area (Å²) < 4.78 is 11.2. The molecule has 9 heteroatoms. The van der Waals surface area contributed by atoms with Gasteiger partial charge in [0.1, 0.15) is 5.84 Å². The lowest BCUT2D eigenvalue weighted by atomic mass is 9.92. The molecule has 3 rings (SSSR count). The van der Waals surface area contributed by atoms with Crippen LogP contribution in [-0.4, -0.2) is 67.3 Å². The second-order valence-electron chi connectivity index (χ2n) is 9.30. The predicted octanol–water partition coefficient (Wildman–Crippen LogP) is 2.68. The first-order chi connectivity index (χ1) is 15.9. The van der Waals surface area contributed by atoms with Crippen LogP contribution >= 0.6 is 0 Å². The van der Waals surface area contributed by atoms with Crippen molar-refractivity contribution >= 4 is 11.7 Å². The molecule has 1 aromatic rings. The number of likely N-dealkylation sites (tertiary alicyclic amines) is 1. The Labute approximate surface area is 197 Å². The highest BCUT2D eigenvalue weighted by Gasteiger charge is 2.21. The number of hydrogen-bond donors (Lipinski definition) is 2. The lowest BCUT2D eigenvalue weighted by Gasteiger charge is -2.30.